The van der Waals surface area contributed by atoms with Crippen LogP contribution in [0.15, 0.2) is 30.3 Å². The third-order valence-corrected chi connectivity index (χ3v) is 3.00. The molecule has 0 bridgehead atoms. The van der Waals surface area contributed by atoms with Gasteiger partial charge in [0, 0.05) is 0 Å². The highest BCUT2D eigenvalue weighted by Crippen LogP contribution is 2.26. The van der Waals surface area contributed by atoms with Crippen molar-refractivity contribution in [3.8, 4) is 0 Å². The Bertz CT molecular complexity index is 413. The zero-order chi connectivity index (χ0) is 12.3. The summed E-state index contributed by atoms with van der Waals surface area (Å²) in [5, 5.41) is 0. The van der Waals surface area contributed by atoms with Gasteiger partial charge in [-0.15, -0.1) is 0 Å². The third kappa shape index (κ3) is 2.46. The first kappa shape index (κ1) is 11.6. The molecule has 90 valence electrons. The Balaban J connectivity index is 2.12. The summed E-state index contributed by atoms with van der Waals surface area (Å²) in [5.74, 6) is -1.60. The molecule has 0 radical (unpaired) electrons. The van der Waals surface area contributed by atoms with Crippen LogP contribution < -0.4 is 0 Å². The summed E-state index contributed by atoms with van der Waals surface area (Å²) >= 11 is 0. The molecule has 1 saturated heterocycles. The standard InChI is InChI=1S/C13H14O4/c1-16-12(14)11-8-17-13(15)10(11)7-9-5-3-2-4-6-9/h2-6,10-11H,7-8H2,1H3/t10-,11-/m0/s1. The molecule has 0 unspecified atom stereocenters. The van der Waals surface area contributed by atoms with Gasteiger partial charge in [-0.3, -0.25) is 9.59 Å². The van der Waals surface area contributed by atoms with Crippen molar-refractivity contribution in [3.63, 3.8) is 0 Å². The third-order valence-electron chi connectivity index (χ3n) is 3.00. The second kappa shape index (κ2) is 4.99. The van der Waals surface area contributed by atoms with Gasteiger partial charge in [0.2, 0.25) is 0 Å². The zero-order valence-corrected chi connectivity index (χ0v) is 9.59. The molecule has 1 heterocycles. The van der Waals surface area contributed by atoms with Crippen LogP contribution in [0.5, 0.6) is 0 Å². The average Bonchev–Trinajstić information content (AvgIpc) is 2.72. The van der Waals surface area contributed by atoms with Gasteiger partial charge in [-0.2, -0.15) is 0 Å². The highest BCUT2D eigenvalue weighted by Gasteiger charge is 2.42. The quantitative estimate of drug-likeness (QED) is 0.737. The lowest BCUT2D eigenvalue weighted by Crippen LogP contribution is -2.26. The maximum absolute atomic E-state index is 11.6. The first-order valence-electron chi connectivity index (χ1n) is 5.50. The van der Waals surface area contributed by atoms with Gasteiger partial charge in [0.05, 0.1) is 13.0 Å². The van der Waals surface area contributed by atoms with E-state index in [-0.39, 0.29) is 18.5 Å². The van der Waals surface area contributed by atoms with Crippen molar-refractivity contribution >= 4 is 11.9 Å². The lowest BCUT2D eigenvalue weighted by molar-refractivity contribution is -0.147. The summed E-state index contributed by atoms with van der Waals surface area (Å²) in [7, 11) is 1.32. The fourth-order valence-corrected chi connectivity index (χ4v) is 2.04. The second-order valence-electron chi connectivity index (χ2n) is 4.06. The number of hydrogen-bond donors (Lipinski definition) is 0. The van der Waals surface area contributed by atoms with Crippen LogP contribution in [0.25, 0.3) is 0 Å². The summed E-state index contributed by atoms with van der Waals surface area (Å²) in [6.45, 7) is 0.128. The van der Waals surface area contributed by atoms with Crippen LogP contribution in [0.3, 0.4) is 0 Å². The summed E-state index contributed by atoms with van der Waals surface area (Å²) in [5.41, 5.74) is 1.02. The van der Waals surface area contributed by atoms with Gasteiger partial charge in [0.25, 0.3) is 0 Å². The Morgan fingerprint density at radius 1 is 1.41 bits per heavy atom. The SMILES string of the molecule is COC(=O)[C@H]1COC(=O)[C@H]1Cc1ccccc1. The number of hydrogen-bond acceptors (Lipinski definition) is 4. The smallest absolute Gasteiger partial charge is 0.313 e. The van der Waals surface area contributed by atoms with E-state index in [0.29, 0.717) is 6.42 Å². The Labute approximate surface area is 99.5 Å². The van der Waals surface area contributed by atoms with Crippen molar-refractivity contribution < 1.29 is 19.1 Å². The van der Waals surface area contributed by atoms with E-state index in [0.717, 1.165) is 5.56 Å². The molecule has 1 aliphatic heterocycles. The largest absolute Gasteiger partial charge is 0.469 e. The molecule has 2 atom stereocenters. The van der Waals surface area contributed by atoms with Crippen LogP contribution in [-0.4, -0.2) is 25.7 Å². The van der Waals surface area contributed by atoms with Gasteiger partial charge in [-0.25, -0.2) is 0 Å². The highest BCUT2D eigenvalue weighted by molar-refractivity contribution is 5.85. The topological polar surface area (TPSA) is 52.6 Å². The summed E-state index contributed by atoms with van der Waals surface area (Å²) in [6, 6.07) is 9.58. The summed E-state index contributed by atoms with van der Waals surface area (Å²) in [6.07, 6.45) is 0.513. The molecule has 4 heteroatoms. The van der Waals surface area contributed by atoms with E-state index >= 15 is 0 Å². The molecule has 1 aromatic rings. The molecule has 0 N–H and O–H groups in total. The zero-order valence-electron chi connectivity index (χ0n) is 9.59. The molecule has 0 amide bonds. The van der Waals surface area contributed by atoms with Crippen molar-refractivity contribution in [3.05, 3.63) is 35.9 Å². The predicted molar refractivity (Wildman–Crippen MR) is 60.1 cm³/mol. The number of esters is 2. The van der Waals surface area contributed by atoms with E-state index in [1.165, 1.54) is 7.11 Å². The van der Waals surface area contributed by atoms with E-state index in [1.54, 1.807) is 0 Å². The normalized spacial score (nSPS) is 23.2. The van der Waals surface area contributed by atoms with Gasteiger partial charge in [0.15, 0.2) is 0 Å². The number of rotatable bonds is 3. The Kier molecular flexibility index (Phi) is 3.42. The first-order chi connectivity index (χ1) is 8.22. The molecule has 1 aliphatic rings. The number of methoxy groups -OCH3 is 1. The number of ether oxygens (including phenoxy) is 2. The number of cyclic esters (lactones) is 1. The molecule has 1 fully saturated rings. The minimum atomic E-state index is -0.479. The molecule has 17 heavy (non-hydrogen) atoms. The van der Waals surface area contributed by atoms with Crippen molar-refractivity contribution in [2.75, 3.05) is 13.7 Å². The molecule has 0 saturated carbocycles. The molecule has 4 nitrogen and oxygen atoms in total. The fraction of sp³-hybridized carbons (Fsp3) is 0.385. The van der Waals surface area contributed by atoms with E-state index in [4.69, 9.17) is 4.74 Å². The lowest BCUT2D eigenvalue weighted by Gasteiger charge is -2.12. The van der Waals surface area contributed by atoms with E-state index in [1.807, 2.05) is 30.3 Å². The van der Waals surface area contributed by atoms with Gasteiger partial charge >= 0.3 is 11.9 Å². The maximum Gasteiger partial charge on any atom is 0.313 e. The average molecular weight is 234 g/mol. The molecule has 0 spiro atoms. The molecular weight excluding hydrogens is 220 g/mol. The Morgan fingerprint density at radius 3 is 2.76 bits per heavy atom. The van der Waals surface area contributed by atoms with Crippen LogP contribution in [0.4, 0.5) is 0 Å². The van der Waals surface area contributed by atoms with Crippen LogP contribution in [0, 0.1) is 11.8 Å². The Hall–Kier alpha value is -1.84. The van der Waals surface area contributed by atoms with Gasteiger partial charge in [0.1, 0.15) is 12.5 Å². The second-order valence-corrected chi connectivity index (χ2v) is 4.06. The molecule has 1 aromatic carbocycles. The van der Waals surface area contributed by atoms with Crippen LogP contribution in [0.1, 0.15) is 5.56 Å². The van der Waals surface area contributed by atoms with Crippen LogP contribution in [-0.2, 0) is 25.5 Å². The molecular formula is C13H14O4. The number of benzene rings is 1. The Morgan fingerprint density at radius 2 is 2.12 bits per heavy atom. The van der Waals surface area contributed by atoms with E-state index < -0.39 is 11.8 Å². The monoisotopic (exact) mass is 234 g/mol. The first-order valence-corrected chi connectivity index (χ1v) is 5.50. The van der Waals surface area contributed by atoms with Crippen molar-refractivity contribution in [2.45, 2.75) is 6.42 Å². The van der Waals surface area contributed by atoms with Gasteiger partial charge in [-0.1, -0.05) is 30.3 Å². The fourth-order valence-electron chi connectivity index (χ4n) is 2.04. The highest BCUT2D eigenvalue weighted by atomic mass is 16.6. The predicted octanol–water partition coefficient (Wildman–Crippen LogP) is 1.19. The number of carbonyl (C=O) groups is 2. The molecule has 0 aromatic heterocycles. The van der Waals surface area contributed by atoms with Crippen LogP contribution in [0.2, 0.25) is 0 Å². The number of carbonyl (C=O) groups excluding carboxylic acids is 2. The van der Waals surface area contributed by atoms with Crippen molar-refractivity contribution in [1.82, 2.24) is 0 Å². The van der Waals surface area contributed by atoms with Crippen molar-refractivity contribution in [1.29, 1.82) is 0 Å². The maximum atomic E-state index is 11.6. The van der Waals surface area contributed by atoms with E-state index in [9.17, 15) is 9.59 Å². The molecule has 2 rings (SSSR count). The van der Waals surface area contributed by atoms with E-state index in [2.05, 4.69) is 4.74 Å². The summed E-state index contributed by atoms with van der Waals surface area (Å²) in [4.78, 5) is 23.1. The minimum absolute atomic E-state index is 0.128. The lowest BCUT2D eigenvalue weighted by atomic mass is 9.89. The van der Waals surface area contributed by atoms with Gasteiger partial charge < -0.3 is 9.47 Å². The van der Waals surface area contributed by atoms with Gasteiger partial charge in [-0.05, 0) is 12.0 Å². The summed E-state index contributed by atoms with van der Waals surface area (Å²) < 4.78 is 9.61. The van der Waals surface area contributed by atoms with Crippen LogP contribution >= 0.6 is 0 Å². The minimum Gasteiger partial charge on any atom is -0.469 e. The molecule has 0 aliphatic carbocycles. The van der Waals surface area contributed by atoms with Crippen molar-refractivity contribution in [2.24, 2.45) is 11.8 Å².